The van der Waals surface area contributed by atoms with Crippen LogP contribution in [0.1, 0.15) is 58.8 Å². The normalized spacial score (nSPS) is 14.3. The number of amides is 2. The summed E-state index contributed by atoms with van der Waals surface area (Å²) in [4.78, 5) is 24.1. The summed E-state index contributed by atoms with van der Waals surface area (Å²) in [6.45, 7) is 4.01. The molecule has 1 aromatic carbocycles. The molecule has 132 valence electrons. The lowest BCUT2D eigenvalue weighted by atomic mass is 9.89. The van der Waals surface area contributed by atoms with E-state index in [2.05, 4.69) is 10.6 Å². The molecule has 2 amide bonds. The fourth-order valence-electron chi connectivity index (χ4n) is 3.00. The second-order valence-corrected chi connectivity index (χ2v) is 6.79. The number of anilines is 2. The summed E-state index contributed by atoms with van der Waals surface area (Å²) in [6, 6.07) is 7.13. The summed E-state index contributed by atoms with van der Waals surface area (Å²) in [5.74, 6) is -0.0230. The second-order valence-electron chi connectivity index (χ2n) is 6.79. The minimum absolute atomic E-state index is 0.0405. The highest BCUT2D eigenvalue weighted by Gasteiger charge is 2.30. The molecule has 0 aliphatic heterocycles. The van der Waals surface area contributed by atoms with Gasteiger partial charge in [0.1, 0.15) is 0 Å². The number of nitrogens with one attached hydrogen (secondary N) is 2. The first-order valence-corrected chi connectivity index (χ1v) is 8.89. The monoisotopic (exact) mass is 332 g/mol. The van der Waals surface area contributed by atoms with Crippen molar-refractivity contribution in [1.29, 1.82) is 0 Å². The van der Waals surface area contributed by atoms with Gasteiger partial charge in [-0.25, -0.2) is 0 Å². The quantitative estimate of drug-likeness (QED) is 0.645. The molecule has 3 N–H and O–H groups in total. The van der Waals surface area contributed by atoms with Gasteiger partial charge in [0.2, 0.25) is 11.8 Å². The van der Waals surface area contributed by atoms with Gasteiger partial charge in [0.05, 0.1) is 12.0 Å². The summed E-state index contributed by atoms with van der Waals surface area (Å²) >= 11 is 0. The molecule has 2 rings (SSSR count). The first kappa shape index (κ1) is 18.5. The first-order valence-electron chi connectivity index (χ1n) is 8.89. The molecule has 0 saturated heterocycles. The SMILES string of the molecule is CCCC(O)(CCC)CC(=O)Nc1cccc(NC(=O)C2CC2)c1. The van der Waals surface area contributed by atoms with Crippen LogP contribution in [0, 0.1) is 5.92 Å². The molecule has 0 unspecified atom stereocenters. The maximum absolute atomic E-state index is 12.3. The van der Waals surface area contributed by atoms with Gasteiger partial charge in [-0.15, -0.1) is 0 Å². The average Bonchev–Trinajstić information content (AvgIpc) is 3.32. The van der Waals surface area contributed by atoms with Crippen LogP contribution in [0.15, 0.2) is 24.3 Å². The van der Waals surface area contributed by atoms with E-state index in [1.54, 1.807) is 24.3 Å². The third-order valence-electron chi connectivity index (χ3n) is 4.28. The third kappa shape index (κ3) is 5.64. The number of aliphatic hydroxyl groups is 1. The van der Waals surface area contributed by atoms with Gasteiger partial charge in [-0.05, 0) is 43.9 Å². The minimum atomic E-state index is -0.939. The standard InChI is InChI=1S/C19H28N2O3/c1-3-10-19(24,11-4-2)13-17(22)20-15-6-5-7-16(12-15)21-18(23)14-8-9-14/h5-7,12,14,24H,3-4,8-11,13H2,1-2H3,(H,20,22)(H,21,23). The second kappa shape index (κ2) is 8.29. The van der Waals surface area contributed by atoms with Crippen molar-refractivity contribution in [3.63, 3.8) is 0 Å². The van der Waals surface area contributed by atoms with Crippen LogP contribution in [0.25, 0.3) is 0 Å². The molecule has 1 aliphatic carbocycles. The Balaban J connectivity index is 1.94. The molecular weight excluding hydrogens is 304 g/mol. The summed E-state index contributed by atoms with van der Waals surface area (Å²) in [5, 5.41) is 16.3. The summed E-state index contributed by atoms with van der Waals surface area (Å²) in [7, 11) is 0. The van der Waals surface area contributed by atoms with Crippen LogP contribution < -0.4 is 10.6 Å². The van der Waals surface area contributed by atoms with Gasteiger partial charge >= 0.3 is 0 Å². The maximum atomic E-state index is 12.3. The third-order valence-corrected chi connectivity index (χ3v) is 4.28. The molecule has 5 nitrogen and oxygen atoms in total. The fourth-order valence-corrected chi connectivity index (χ4v) is 3.00. The van der Waals surface area contributed by atoms with Crippen molar-refractivity contribution in [1.82, 2.24) is 0 Å². The zero-order chi connectivity index (χ0) is 17.6. The molecule has 1 aromatic rings. The van der Waals surface area contributed by atoms with Crippen molar-refractivity contribution in [2.45, 2.75) is 64.4 Å². The molecule has 0 spiro atoms. The van der Waals surface area contributed by atoms with E-state index in [1.165, 1.54) is 0 Å². The predicted molar refractivity (Wildman–Crippen MR) is 95.8 cm³/mol. The molecule has 0 atom stereocenters. The van der Waals surface area contributed by atoms with Crippen LogP contribution in [0.4, 0.5) is 11.4 Å². The summed E-state index contributed by atoms with van der Waals surface area (Å²) < 4.78 is 0. The van der Waals surface area contributed by atoms with Crippen LogP contribution >= 0.6 is 0 Å². The lowest BCUT2D eigenvalue weighted by molar-refractivity contribution is -0.121. The Bertz CT molecular complexity index is 576. The van der Waals surface area contributed by atoms with Crippen LogP contribution in [0.2, 0.25) is 0 Å². The first-order chi connectivity index (χ1) is 11.5. The van der Waals surface area contributed by atoms with E-state index in [0.717, 1.165) is 25.7 Å². The highest BCUT2D eigenvalue weighted by Crippen LogP contribution is 2.30. The van der Waals surface area contributed by atoms with Gasteiger partial charge in [-0.2, -0.15) is 0 Å². The lowest BCUT2D eigenvalue weighted by Crippen LogP contribution is -2.33. The predicted octanol–water partition coefficient (Wildman–Crippen LogP) is 3.70. The highest BCUT2D eigenvalue weighted by atomic mass is 16.3. The molecule has 0 radical (unpaired) electrons. The van der Waals surface area contributed by atoms with E-state index < -0.39 is 5.60 Å². The zero-order valence-corrected chi connectivity index (χ0v) is 14.6. The number of carbonyl (C=O) groups excluding carboxylic acids is 2. The lowest BCUT2D eigenvalue weighted by Gasteiger charge is -2.26. The molecule has 0 aromatic heterocycles. The van der Waals surface area contributed by atoms with Gasteiger partial charge in [0.25, 0.3) is 0 Å². The van der Waals surface area contributed by atoms with Gasteiger partial charge in [0, 0.05) is 17.3 Å². The van der Waals surface area contributed by atoms with E-state index in [9.17, 15) is 14.7 Å². The Kier molecular flexibility index (Phi) is 6.37. The molecule has 0 heterocycles. The van der Waals surface area contributed by atoms with E-state index in [-0.39, 0.29) is 24.2 Å². The molecule has 0 bridgehead atoms. The Labute approximate surface area is 143 Å². The van der Waals surface area contributed by atoms with Crippen LogP contribution in [0.5, 0.6) is 0 Å². The Morgan fingerprint density at radius 2 is 1.71 bits per heavy atom. The van der Waals surface area contributed by atoms with Crippen molar-refractivity contribution in [2.24, 2.45) is 5.92 Å². The van der Waals surface area contributed by atoms with Gasteiger partial charge in [-0.1, -0.05) is 32.8 Å². The van der Waals surface area contributed by atoms with Crippen LogP contribution in [0.3, 0.4) is 0 Å². The largest absolute Gasteiger partial charge is 0.389 e. The summed E-state index contributed by atoms with van der Waals surface area (Å²) in [6.07, 6.45) is 4.91. The van der Waals surface area contributed by atoms with Crippen molar-refractivity contribution >= 4 is 23.2 Å². The number of benzene rings is 1. The van der Waals surface area contributed by atoms with Gasteiger partial charge in [-0.3, -0.25) is 9.59 Å². The van der Waals surface area contributed by atoms with Crippen LogP contribution in [-0.2, 0) is 9.59 Å². The van der Waals surface area contributed by atoms with E-state index in [0.29, 0.717) is 24.2 Å². The average molecular weight is 332 g/mol. The van der Waals surface area contributed by atoms with E-state index in [1.807, 2.05) is 13.8 Å². The molecule has 1 aliphatic rings. The number of carbonyl (C=O) groups is 2. The Hall–Kier alpha value is -1.88. The summed E-state index contributed by atoms with van der Waals surface area (Å²) in [5.41, 5.74) is 0.372. The van der Waals surface area contributed by atoms with Crippen molar-refractivity contribution in [3.8, 4) is 0 Å². The zero-order valence-electron chi connectivity index (χ0n) is 14.6. The molecule has 1 saturated carbocycles. The number of rotatable bonds is 9. The number of hydrogen-bond donors (Lipinski definition) is 3. The van der Waals surface area contributed by atoms with E-state index in [4.69, 9.17) is 0 Å². The minimum Gasteiger partial charge on any atom is -0.389 e. The molecular formula is C19H28N2O3. The molecule has 1 fully saturated rings. The fraction of sp³-hybridized carbons (Fsp3) is 0.579. The highest BCUT2D eigenvalue weighted by molar-refractivity contribution is 5.96. The maximum Gasteiger partial charge on any atom is 0.227 e. The van der Waals surface area contributed by atoms with Crippen molar-refractivity contribution < 1.29 is 14.7 Å². The Morgan fingerprint density at radius 3 is 2.25 bits per heavy atom. The Morgan fingerprint density at radius 1 is 1.12 bits per heavy atom. The smallest absolute Gasteiger partial charge is 0.227 e. The van der Waals surface area contributed by atoms with Crippen molar-refractivity contribution in [3.05, 3.63) is 24.3 Å². The van der Waals surface area contributed by atoms with Gasteiger partial charge < -0.3 is 15.7 Å². The molecule has 5 heteroatoms. The van der Waals surface area contributed by atoms with E-state index >= 15 is 0 Å². The van der Waals surface area contributed by atoms with Crippen LogP contribution in [-0.4, -0.2) is 22.5 Å². The topological polar surface area (TPSA) is 78.4 Å². The van der Waals surface area contributed by atoms with Gasteiger partial charge in [0.15, 0.2) is 0 Å². The van der Waals surface area contributed by atoms with Crippen molar-refractivity contribution in [2.75, 3.05) is 10.6 Å². The number of hydrogen-bond acceptors (Lipinski definition) is 3. The molecule has 24 heavy (non-hydrogen) atoms.